The molecule has 190 valence electrons. The fourth-order valence-corrected chi connectivity index (χ4v) is 2.28. The Hall–Kier alpha value is -3.44. The third kappa shape index (κ3) is 12.0. The van der Waals surface area contributed by atoms with Crippen molar-refractivity contribution in [3.05, 3.63) is 18.5 Å². The van der Waals surface area contributed by atoms with Crippen molar-refractivity contribution in [3.63, 3.8) is 0 Å². The Bertz CT molecular complexity index is 904. The zero-order valence-corrected chi connectivity index (χ0v) is 21.2. The molecule has 12 heteroatoms. The maximum absolute atomic E-state index is 12.8. The van der Waals surface area contributed by atoms with Gasteiger partial charge in [0.1, 0.15) is 22.8 Å². The first-order valence-electron chi connectivity index (χ1n) is 10.7. The first kappa shape index (κ1) is 28.6. The second-order valence-corrected chi connectivity index (χ2v) is 10.4. The van der Waals surface area contributed by atoms with Crippen LogP contribution in [0.5, 0.6) is 0 Å². The van der Waals surface area contributed by atoms with Crippen molar-refractivity contribution in [2.45, 2.75) is 91.6 Å². The van der Waals surface area contributed by atoms with Gasteiger partial charge in [-0.3, -0.25) is 10.1 Å². The van der Waals surface area contributed by atoms with Gasteiger partial charge < -0.3 is 19.5 Å². The van der Waals surface area contributed by atoms with E-state index >= 15 is 0 Å². The lowest BCUT2D eigenvalue weighted by atomic mass is 10.1. The van der Waals surface area contributed by atoms with E-state index in [-0.39, 0.29) is 5.96 Å². The smallest absolute Gasteiger partial charge is 0.437 e. The lowest BCUT2D eigenvalue weighted by molar-refractivity contribution is -0.158. The fourth-order valence-electron chi connectivity index (χ4n) is 2.28. The number of carbonyl (C=O) groups is 4. The molecule has 34 heavy (non-hydrogen) atoms. The lowest BCUT2D eigenvalue weighted by Crippen LogP contribution is -2.49. The molecule has 0 aromatic carbocycles. The lowest BCUT2D eigenvalue weighted by Gasteiger charge is -2.26. The van der Waals surface area contributed by atoms with Crippen molar-refractivity contribution in [1.29, 1.82) is 0 Å². The standard InChI is InChI=1S/C22H35N5O7/c1-20(2,3)32-16(29)14(24-18(30)33-21(4,5)6)13-15(28)25-17(27-12-10-11-23-27)26-19(31)34-22(7,8)9/h10-12,14H,13H2,1-9H3,(H,24,30)(H,25,26,28,31)/t14-/m0/s1. The van der Waals surface area contributed by atoms with Gasteiger partial charge in [-0.1, -0.05) is 0 Å². The Morgan fingerprint density at radius 3 is 1.94 bits per heavy atom. The molecule has 2 N–H and O–H groups in total. The van der Waals surface area contributed by atoms with E-state index in [1.54, 1.807) is 68.4 Å². The van der Waals surface area contributed by atoms with E-state index in [0.29, 0.717) is 0 Å². The Kier molecular flexibility index (Phi) is 9.35. The third-order valence-corrected chi connectivity index (χ3v) is 3.34. The van der Waals surface area contributed by atoms with Gasteiger partial charge in [-0.2, -0.15) is 5.10 Å². The number of rotatable bonds is 4. The molecule has 1 rings (SSSR count). The van der Waals surface area contributed by atoms with E-state index in [1.807, 2.05) is 0 Å². The van der Waals surface area contributed by atoms with Crippen LogP contribution < -0.4 is 10.6 Å². The van der Waals surface area contributed by atoms with E-state index < -0.39 is 53.3 Å². The number of hydrogen-bond donors (Lipinski definition) is 2. The number of ether oxygens (including phenoxy) is 3. The molecule has 0 saturated heterocycles. The number of esters is 1. The van der Waals surface area contributed by atoms with Gasteiger partial charge in [0.05, 0.1) is 6.42 Å². The summed E-state index contributed by atoms with van der Waals surface area (Å²) in [6.45, 7) is 14.9. The molecule has 0 unspecified atom stereocenters. The first-order valence-corrected chi connectivity index (χ1v) is 10.7. The van der Waals surface area contributed by atoms with Gasteiger partial charge >= 0.3 is 18.2 Å². The van der Waals surface area contributed by atoms with Crippen LogP contribution >= 0.6 is 0 Å². The van der Waals surface area contributed by atoms with Crippen molar-refractivity contribution in [2.75, 3.05) is 0 Å². The van der Waals surface area contributed by atoms with Gasteiger partial charge in [0.2, 0.25) is 11.9 Å². The molecule has 0 aliphatic heterocycles. The van der Waals surface area contributed by atoms with Crippen molar-refractivity contribution in [1.82, 2.24) is 20.4 Å². The average molecular weight is 482 g/mol. The summed E-state index contributed by atoms with van der Waals surface area (Å²) in [6.07, 6.45) is 0.501. The van der Waals surface area contributed by atoms with Crippen LogP contribution in [0.25, 0.3) is 0 Å². The number of alkyl carbamates (subject to hydrolysis) is 1. The van der Waals surface area contributed by atoms with Crippen molar-refractivity contribution >= 4 is 30.0 Å². The zero-order chi connectivity index (χ0) is 26.3. The third-order valence-electron chi connectivity index (χ3n) is 3.34. The van der Waals surface area contributed by atoms with Crippen LogP contribution in [0.4, 0.5) is 9.59 Å². The molecule has 0 saturated carbocycles. The highest BCUT2D eigenvalue weighted by atomic mass is 16.6. The minimum Gasteiger partial charge on any atom is -0.458 e. The van der Waals surface area contributed by atoms with Gasteiger partial charge in [-0.15, -0.1) is 4.99 Å². The molecule has 1 atom stereocenters. The van der Waals surface area contributed by atoms with Crippen LogP contribution in [0.15, 0.2) is 23.5 Å². The van der Waals surface area contributed by atoms with Gasteiger partial charge in [-0.25, -0.2) is 19.1 Å². The molecule has 1 aromatic rings. The van der Waals surface area contributed by atoms with Gasteiger partial charge in [0.15, 0.2) is 0 Å². The highest BCUT2D eigenvalue weighted by molar-refractivity contribution is 6.02. The monoisotopic (exact) mass is 481 g/mol. The van der Waals surface area contributed by atoms with Crippen molar-refractivity contribution in [3.8, 4) is 0 Å². The summed E-state index contributed by atoms with van der Waals surface area (Å²) >= 11 is 0. The second-order valence-electron chi connectivity index (χ2n) is 10.4. The molecule has 1 heterocycles. The second kappa shape index (κ2) is 11.1. The van der Waals surface area contributed by atoms with Crippen LogP contribution in [0.1, 0.15) is 68.7 Å². The number of nitrogens with one attached hydrogen (secondary N) is 2. The van der Waals surface area contributed by atoms with Crippen molar-refractivity contribution < 1.29 is 33.4 Å². The summed E-state index contributed by atoms with van der Waals surface area (Å²) in [6, 6.07) is 0.194. The minimum atomic E-state index is -1.37. The van der Waals surface area contributed by atoms with Crippen LogP contribution in [-0.2, 0) is 23.8 Å². The topological polar surface area (TPSA) is 150 Å². The summed E-state index contributed by atoms with van der Waals surface area (Å²) in [7, 11) is 0. The largest absolute Gasteiger partial charge is 0.458 e. The van der Waals surface area contributed by atoms with Crippen LogP contribution in [0.3, 0.4) is 0 Å². The minimum absolute atomic E-state index is 0.246. The molecule has 0 spiro atoms. The number of hydrogen-bond acceptors (Lipinski definition) is 8. The number of carbonyl (C=O) groups excluding carboxylic acids is 4. The zero-order valence-electron chi connectivity index (χ0n) is 21.2. The first-order chi connectivity index (χ1) is 15.3. The molecule has 0 radical (unpaired) electrons. The maximum atomic E-state index is 12.8. The molecular weight excluding hydrogens is 446 g/mol. The van der Waals surface area contributed by atoms with Gasteiger partial charge in [-0.05, 0) is 68.4 Å². The van der Waals surface area contributed by atoms with E-state index in [1.165, 1.54) is 12.4 Å². The predicted molar refractivity (Wildman–Crippen MR) is 123 cm³/mol. The predicted octanol–water partition coefficient (Wildman–Crippen LogP) is 2.76. The van der Waals surface area contributed by atoms with E-state index in [0.717, 1.165) is 4.68 Å². The normalized spacial score (nSPS) is 13.5. The quantitative estimate of drug-likeness (QED) is 0.288. The van der Waals surface area contributed by atoms with E-state index in [4.69, 9.17) is 14.2 Å². The molecular formula is C22H35N5O7. The molecule has 12 nitrogen and oxygen atoms in total. The highest BCUT2D eigenvalue weighted by Gasteiger charge is 2.31. The summed E-state index contributed by atoms with van der Waals surface area (Å²) in [5.74, 6) is -1.83. The van der Waals surface area contributed by atoms with Crippen LogP contribution in [-0.4, -0.2) is 62.6 Å². The Balaban J connectivity index is 3.07. The summed E-state index contributed by atoms with van der Waals surface area (Å²) in [5, 5.41) is 8.73. The van der Waals surface area contributed by atoms with E-state index in [9.17, 15) is 19.2 Å². The number of amides is 3. The fraction of sp³-hybridized carbons (Fsp3) is 0.636. The molecule has 0 aliphatic carbocycles. The van der Waals surface area contributed by atoms with E-state index in [2.05, 4.69) is 20.7 Å². The van der Waals surface area contributed by atoms with Crippen LogP contribution in [0.2, 0.25) is 0 Å². The highest BCUT2D eigenvalue weighted by Crippen LogP contribution is 2.12. The van der Waals surface area contributed by atoms with Crippen molar-refractivity contribution in [2.24, 2.45) is 4.99 Å². The molecule has 3 amide bonds. The average Bonchev–Trinajstić information content (AvgIpc) is 3.10. The number of nitrogens with zero attached hydrogens (tertiary/aromatic N) is 3. The Morgan fingerprint density at radius 1 is 0.912 bits per heavy atom. The molecule has 1 aromatic heterocycles. The Labute approximate surface area is 199 Å². The number of aliphatic imine (C=N–C) groups is 1. The molecule has 0 fully saturated rings. The molecule has 0 bridgehead atoms. The maximum Gasteiger partial charge on any atom is 0.437 e. The molecule has 0 aliphatic rings. The van der Waals surface area contributed by atoms with Gasteiger partial charge in [0, 0.05) is 12.4 Å². The van der Waals surface area contributed by atoms with Gasteiger partial charge in [0.25, 0.3) is 0 Å². The van der Waals surface area contributed by atoms with Crippen LogP contribution in [0, 0.1) is 0 Å². The summed E-state index contributed by atoms with van der Waals surface area (Å²) in [4.78, 5) is 53.6. The summed E-state index contributed by atoms with van der Waals surface area (Å²) < 4.78 is 16.8. The SMILES string of the molecule is CC(C)(C)OC(=O)N=C(NC(=O)C[C@H](NC(=O)OC(C)(C)C)C(=O)OC(C)(C)C)n1cccn1. The summed E-state index contributed by atoms with van der Waals surface area (Å²) in [5.41, 5.74) is -2.49. The Morgan fingerprint density at radius 2 is 1.47 bits per heavy atom. The number of aromatic nitrogens is 2.